The largest absolute Gasteiger partial charge is 0.368 e. The van der Waals surface area contributed by atoms with Crippen molar-refractivity contribution in [2.24, 2.45) is 4.99 Å². The summed E-state index contributed by atoms with van der Waals surface area (Å²) in [4.78, 5) is 20.1. The summed E-state index contributed by atoms with van der Waals surface area (Å²) in [6.07, 6.45) is 0. The fourth-order valence-corrected chi connectivity index (χ4v) is 3.30. The molecule has 0 atom stereocenters. The van der Waals surface area contributed by atoms with Gasteiger partial charge < -0.3 is 20.4 Å². The molecule has 0 saturated carbocycles. The normalized spacial score (nSPS) is 14.2. The molecule has 0 spiro atoms. The van der Waals surface area contributed by atoms with Gasteiger partial charge in [-0.2, -0.15) is 0 Å². The van der Waals surface area contributed by atoms with Crippen molar-refractivity contribution in [2.75, 3.05) is 43.4 Å². The van der Waals surface area contributed by atoms with Crippen molar-refractivity contribution in [3.8, 4) is 0 Å². The second-order valence-electron chi connectivity index (χ2n) is 6.73. The summed E-state index contributed by atoms with van der Waals surface area (Å²) < 4.78 is 13.1. The zero-order chi connectivity index (χ0) is 19.9. The molecule has 1 aliphatic rings. The van der Waals surface area contributed by atoms with E-state index in [4.69, 9.17) is 0 Å². The number of rotatable bonds is 4. The number of nitrogens with zero attached hydrogens (tertiary/aromatic N) is 3. The van der Waals surface area contributed by atoms with E-state index < -0.39 is 0 Å². The lowest BCUT2D eigenvalue weighted by Gasteiger charge is -2.37. The van der Waals surface area contributed by atoms with Gasteiger partial charge in [0, 0.05) is 58.1 Å². The molecule has 1 saturated heterocycles. The van der Waals surface area contributed by atoms with E-state index in [9.17, 15) is 9.18 Å². The Morgan fingerprint density at radius 3 is 2.41 bits per heavy atom. The summed E-state index contributed by atoms with van der Waals surface area (Å²) in [7, 11) is 1.78. The Hall–Kier alpha value is -2.36. The zero-order valence-corrected chi connectivity index (χ0v) is 19.0. The Labute approximate surface area is 188 Å². The Morgan fingerprint density at radius 2 is 1.79 bits per heavy atom. The first-order chi connectivity index (χ1) is 13.5. The van der Waals surface area contributed by atoms with Crippen LogP contribution >= 0.6 is 24.0 Å². The molecule has 2 aromatic carbocycles. The number of benzene rings is 2. The minimum absolute atomic E-state index is 0. The number of halogens is 2. The molecule has 29 heavy (non-hydrogen) atoms. The number of anilines is 2. The lowest BCUT2D eigenvalue weighted by molar-refractivity contribution is -0.114. The first-order valence-corrected chi connectivity index (χ1v) is 9.38. The molecule has 2 aromatic rings. The quantitative estimate of drug-likeness (QED) is 0.376. The molecule has 0 radical (unpaired) electrons. The second-order valence-corrected chi connectivity index (χ2v) is 6.73. The molecule has 0 aromatic heterocycles. The summed E-state index contributed by atoms with van der Waals surface area (Å²) in [5, 5.41) is 6.19. The molecule has 1 fully saturated rings. The highest BCUT2D eigenvalue weighted by Gasteiger charge is 2.19. The Kier molecular flexibility index (Phi) is 8.69. The summed E-state index contributed by atoms with van der Waals surface area (Å²) >= 11 is 0. The van der Waals surface area contributed by atoms with Crippen LogP contribution in [0, 0.1) is 5.82 Å². The number of amides is 1. The molecule has 2 N–H and O–H groups in total. The van der Waals surface area contributed by atoms with Crippen LogP contribution in [0.1, 0.15) is 12.5 Å². The monoisotopic (exact) mass is 511 g/mol. The van der Waals surface area contributed by atoms with Crippen LogP contribution in [0.2, 0.25) is 0 Å². The molecule has 8 heteroatoms. The Bertz CT molecular complexity index is 835. The fraction of sp³-hybridized carbons (Fsp3) is 0.333. The maximum Gasteiger partial charge on any atom is 0.221 e. The number of aliphatic imine (C=N–C) groups is 1. The molecular weight excluding hydrogens is 484 g/mol. The lowest BCUT2D eigenvalue weighted by Crippen LogP contribution is -2.52. The highest BCUT2D eigenvalue weighted by Crippen LogP contribution is 2.17. The average molecular weight is 511 g/mol. The van der Waals surface area contributed by atoms with E-state index in [1.54, 1.807) is 7.05 Å². The van der Waals surface area contributed by atoms with Gasteiger partial charge in [0.25, 0.3) is 0 Å². The molecule has 0 bridgehead atoms. The van der Waals surface area contributed by atoms with Gasteiger partial charge in [0.2, 0.25) is 5.91 Å². The lowest BCUT2D eigenvalue weighted by atomic mass is 10.2. The topological polar surface area (TPSA) is 60.0 Å². The Morgan fingerprint density at radius 1 is 1.10 bits per heavy atom. The molecule has 3 rings (SSSR count). The third-order valence-electron chi connectivity index (χ3n) is 4.68. The molecule has 1 aliphatic heterocycles. The third kappa shape index (κ3) is 6.59. The molecule has 1 heterocycles. The molecule has 1 amide bonds. The highest BCUT2D eigenvalue weighted by atomic mass is 127. The van der Waals surface area contributed by atoms with Crippen LogP contribution in [0.3, 0.4) is 0 Å². The van der Waals surface area contributed by atoms with Crippen LogP contribution < -0.4 is 15.5 Å². The molecule has 6 nitrogen and oxygen atoms in total. The second kappa shape index (κ2) is 11.0. The summed E-state index contributed by atoms with van der Waals surface area (Å²) in [5.41, 5.74) is 2.89. The molecular formula is C21H27FIN5O. The van der Waals surface area contributed by atoms with Gasteiger partial charge in [0.05, 0.1) is 0 Å². The minimum Gasteiger partial charge on any atom is -0.368 e. The Balaban J connectivity index is 0.00000300. The third-order valence-corrected chi connectivity index (χ3v) is 4.68. The van der Waals surface area contributed by atoms with Crippen molar-refractivity contribution in [3.05, 3.63) is 59.9 Å². The SMILES string of the molecule is CN=C(NCc1cccc(NC(C)=O)c1)N1CCN(c2ccc(F)cc2)CC1.I. The van der Waals surface area contributed by atoms with Gasteiger partial charge in [-0.3, -0.25) is 9.79 Å². The average Bonchev–Trinajstić information content (AvgIpc) is 2.69. The molecule has 156 valence electrons. The number of hydrogen-bond acceptors (Lipinski definition) is 3. The van der Waals surface area contributed by atoms with Gasteiger partial charge >= 0.3 is 0 Å². The van der Waals surface area contributed by atoms with Crippen molar-refractivity contribution in [1.29, 1.82) is 0 Å². The first kappa shape index (κ1) is 22.9. The van der Waals surface area contributed by atoms with Crippen LogP contribution in [-0.2, 0) is 11.3 Å². The van der Waals surface area contributed by atoms with E-state index in [0.717, 1.165) is 49.1 Å². The van der Waals surface area contributed by atoms with Gasteiger partial charge in [-0.1, -0.05) is 12.1 Å². The van der Waals surface area contributed by atoms with E-state index in [0.29, 0.717) is 6.54 Å². The van der Waals surface area contributed by atoms with Crippen molar-refractivity contribution >= 4 is 47.2 Å². The van der Waals surface area contributed by atoms with E-state index in [2.05, 4.69) is 25.4 Å². The van der Waals surface area contributed by atoms with E-state index in [1.165, 1.54) is 19.1 Å². The maximum absolute atomic E-state index is 13.1. The number of nitrogens with one attached hydrogen (secondary N) is 2. The van der Waals surface area contributed by atoms with Gasteiger partial charge in [0.15, 0.2) is 5.96 Å². The molecule has 0 unspecified atom stereocenters. The fourth-order valence-electron chi connectivity index (χ4n) is 3.30. The highest BCUT2D eigenvalue weighted by molar-refractivity contribution is 14.0. The number of piperazine rings is 1. The van der Waals surface area contributed by atoms with Crippen LogP contribution in [0.5, 0.6) is 0 Å². The number of hydrogen-bond donors (Lipinski definition) is 2. The van der Waals surface area contributed by atoms with Crippen molar-refractivity contribution in [3.63, 3.8) is 0 Å². The van der Waals surface area contributed by atoms with Gasteiger partial charge in [-0.05, 0) is 42.0 Å². The van der Waals surface area contributed by atoms with E-state index in [-0.39, 0.29) is 35.7 Å². The predicted molar refractivity (Wildman–Crippen MR) is 127 cm³/mol. The summed E-state index contributed by atoms with van der Waals surface area (Å²) in [5.74, 6) is 0.554. The summed E-state index contributed by atoms with van der Waals surface area (Å²) in [6, 6.07) is 14.4. The number of carbonyl (C=O) groups excluding carboxylic acids is 1. The molecule has 0 aliphatic carbocycles. The van der Waals surface area contributed by atoms with Crippen molar-refractivity contribution in [2.45, 2.75) is 13.5 Å². The maximum atomic E-state index is 13.1. The van der Waals surface area contributed by atoms with Crippen LogP contribution in [0.4, 0.5) is 15.8 Å². The van der Waals surface area contributed by atoms with Crippen molar-refractivity contribution in [1.82, 2.24) is 10.2 Å². The van der Waals surface area contributed by atoms with Crippen LogP contribution in [-0.4, -0.2) is 50.0 Å². The standard InChI is InChI=1S/C21H26FN5O.HI/c1-16(28)25-19-5-3-4-17(14-19)15-24-21(23-2)27-12-10-26(11-13-27)20-8-6-18(22)7-9-20;/h3-9,14H,10-13,15H2,1-2H3,(H,23,24)(H,25,28);1H. The van der Waals surface area contributed by atoms with Crippen LogP contribution in [0.25, 0.3) is 0 Å². The van der Waals surface area contributed by atoms with Crippen molar-refractivity contribution < 1.29 is 9.18 Å². The first-order valence-electron chi connectivity index (χ1n) is 9.38. The number of carbonyl (C=O) groups is 1. The van der Waals surface area contributed by atoms with Gasteiger partial charge in [-0.25, -0.2) is 4.39 Å². The summed E-state index contributed by atoms with van der Waals surface area (Å²) in [6.45, 7) is 5.50. The van der Waals surface area contributed by atoms with Crippen LogP contribution in [0.15, 0.2) is 53.5 Å². The van der Waals surface area contributed by atoms with Gasteiger partial charge in [-0.15, -0.1) is 24.0 Å². The number of guanidine groups is 1. The van der Waals surface area contributed by atoms with E-state index in [1.807, 2.05) is 36.4 Å². The zero-order valence-electron chi connectivity index (χ0n) is 16.7. The smallest absolute Gasteiger partial charge is 0.221 e. The van der Waals surface area contributed by atoms with Gasteiger partial charge in [0.1, 0.15) is 5.82 Å². The predicted octanol–water partition coefficient (Wildman–Crippen LogP) is 3.30. The van der Waals surface area contributed by atoms with E-state index >= 15 is 0 Å². The minimum atomic E-state index is -0.213.